The van der Waals surface area contributed by atoms with Crippen molar-refractivity contribution < 1.29 is 9.53 Å². The Bertz CT molecular complexity index is 1070. The maximum Gasteiger partial charge on any atom is 0.234 e. The average molecular weight is 411 g/mol. The predicted octanol–water partition coefficient (Wildman–Crippen LogP) is 4.59. The van der Waals surface area contributed by atoms with Gasteiger partial charge in [0, 0.05) is 11.1 Å². The van der Waals surface area contributed by atoms with Gasteiger partial charge in [-0.05, 0) is 36.8 Å². The molecule has 8 heteroatoms. The number of thiazole rings is 1. The Morgan fingerprint density at radius 3 is 2.68 bits per heavy atom. The number of ether oxygens (including phenoxy) is 1. The van der Waals surface area contributed by atoms with Crippen LogP contribution in [0.5, 0.6) is 5.75 Å². The van der Waals surface area contributed by atoms with E-state index in [-0.39, 0.29) is 11.7 Å². The van der Waals surface area contributed by atoms with Crippen molar-refractivity contribution in [2.75, 3.05) is 17.7 Å². The van der Waals surface area contributed by atoms with Gasteiger partial charge in [-0.2, -0.15) is 0 Å². The molecular weight excluding hydrogens is 392 g/mol. The molecule has 6 nitrogen and oxygen atoms in total. The first kappa shape index (κ1) is 18.5. The van der Waals surface area contributed by atoms with Gasteiger partial charge in [-0.25, -0.2) is 0 Å². The lowest BCUT2D eigenvalue weighted by atomic mass is 10.2. The zero-order valence-corrected chi connectivity index (χ0v) is 16.8. The van der Waals surface area contributed by atoms with Gasteiger partial charge in [0.2, 0.25) is 10.9 Å². The Balaban J connectivity index is 1.44. The third kappa shape index (κ3) is 4.02. The topological polar surface area (TPSA) is 68.5 Å². The summed E-state index contributed by atoms with van der Waals surface area (Å²) < 4.78 is 7.40. The van der Waals surface area contributed by atoms with E-state index in [0.29, 0.717) is 11.8 Å². The van der Waals surface area contributed by atoms with E-state index in [1.54, 1.807) is 0 Å². The van der Waals surface area contributed by atoms with Gasteiger partial charge in [0.05, 0.1) is 18.1 Å². The largest absolute Gasteiger partial charge is 0.494 e. The number of thioether (sulfide) groups is 1. The molecule has 4 rings (SSSR count). The summed E-state index contributed by atoms with van der Waals surface area (Å²) in [6.07, 6.45) is 0. The van der Waals surface area contributed by atoms with Crippen LogP contribution in [0.15, 0.2) is 65.1 Å². The van der Waals surface area contributed by atoms with E-state index in [2.05, 4.69) is 33.0 Å². The lowest BCUT2D eigenvalue weighted by molar-refractivity contribution is -0.113. The summed E-state index contributed by atoms with van der Waals surface area (Å²) in [4.78, 5) is 13.1. The molecule has 0 aliphatic carbocycles. The third-order valence-corrected chi connectivity index (χ3v) is 5.72. The minimum Gasteiger partial charge on any atom is -0.494 e. The van der Waals surface area contributed by atoms with E-state index < -0.39 is 0 Å². The number of carbonyl (C=O) groups is 1. The molecule has 2 aromatic carbocycles. The second kappa shape index (κ2) is 8.45. The van der Waals surface area contributed by atoms with E-state index in [1.807, 2.05) is 53.8 Å². The number of hydrogen-bond acceptors (Lipinski definition) is 6. The summed E-state index contributed by atoms with van der Waals surface area (Å²) >= 11 is 2.90. The fourth-order valence-electron chi connectivity index (χ4n) is 2.73. The molecule has 28 heavy (non-hydrogen) atoms. The highest BCUT2D eigenvalue weighted by Gasteiger charge is 2.15. The van der Waals surface area contributed by atoms with Crippen LogP contribution in [0.3, 0.4) is 0 Å². The van der Waals surface area contributed by atoms with Crippen LogP contribution in [0.25, 0.3) is 16.2 Å². The van der Waals surface area contributed by atoms with Crippen molar-refractivity contribution in [1.82, 2.24) is 14.6 Å². The van der Waals surface area contributed by atoms with Crippen molar-refractivity contribution in [3.8, 4) is 17.0 Å². The van der Waals surface area contributed by atoms with Crippen LogP contribution in [-0.4, -0.2) is 32.9 Å². The Hall–Kier alpha value is -2.84. The fourth-order valence-corrected chi connectivity index (χ4v) is 4.37. The number of aromatic nitrogens is 3. The molecule has 1 N–H and O–H groups in total. The monoisotopic (exact) mass is 410 g/mol. The zero-order valence-electron chi connectivity index (χ0n) is 15.2. The average Bonchev–Trinajstić information content (AvgIpc) is 3.31. The first-order chi connectivity index (χ1) is 13.7. The third-order valence-electron chi connectivity index (χ3n) is 3.97. The second-order valence-electron chi connectivity index (χ2n) is 5.88. The SMILES string of the molecule is CCOc1ccc(NC(=O)CSc2nnc3scc(-c4ccccc4)n23)cc1. The van der Waals surface area contributed by atoms with Crippen LogP contribution in [0.2, 0.25) is 0 Å². The minimum absolute atomic E-state index is 0.0950. The Morgan fingerprint density at radius 2 is 1.93 bits per heavy atom. The number of fused-ring (bicyclic) bond motifs is 1. The quantitative estimate of drug-likeness (QED) is 0.452. The van der Waals surface area contributed by atoms with E-state index in [9.17, 15) is 4.79 Å². The molecule has 1 amide bonds. The molecule has 0 spiro atoms. The summed E-state index contributed by atoms with van der Waals surface area (Å²) in [5.74, 6) is 0.937. The lowest BCUT2D eigenvalue weighted by Gasteiger charge is -2.07. The molecule has 0 unspecified atom stereocenters. The maximum atomic E-state index is 12.3. The van der Waals surface area contributed by atoms with Crippen molar-refractivity contribution >= 4 is 39.7 Å². The number of anilines is 1. The van der Waals surface area contributed by atoms with Gasteiger partial charge in [-0.15, -0.1) is 21.5 Å². The number of carbonyl (C=O) groups excluding carboxylic acids is 1. The van der Waals surface area contributed by atoms with Gasteiger partial charge in [0.15, 0.2) is 5.16 Å². The molecule has 0 saturated heterocycles. The summed E-state index contributed by atoms with van der Waals surface area (Å²) in [5.41, 5.74) is 2.86. The first-order valence-corrected chi connectivity index (χ1v) is 10.6. The van der Waals surface area contributed by atoms with Crippen molar-refractivity contribution in [1.29, 1.82) is 0 Å². The van der Waals surface area contributed by atoms with Crippen LogP contribution in [0.4, 0.5) is 5.69 Å². The van der Waals surface area contributed by atoms with Crippen LogP contribution in [0.1, 0.15) is 6.92 Å². The van der Waals surface area contributed by atoms with E-state index in [0.717, 1.165) is 27.7 Å². The van der Waals surface area contributed by atoms with Crippen LogP contribution in [-0.2, 0) is 4.79 Å². The molecule has 4 aromatic rings. The van der Waals surface area contributed by atoms with Crippen molar-refractivity contribution in [3.63, 3.8) is 0 Å². The highest BCUT2D eigenvalue weighted by molar-refractivity contribution is 7.99. The molecule has 142 valence electrons. The zero-order chi connectivity index (χ0) is 19.3. The maximum absolute atomic E-state index is 12.3. The van der Waals surface area contributed by atoms with E-state index >= 15 is 0 Å². The van der Waals surface area contributed by atoms with Crippen LogP contribution < -0.4 is 10.1 Å². The Morgan fingerprint density at radius 1 is 1.14 bits per heavy atom. The lowest BCUT2D eigenvalue weighted by Crippen LogP contribution is -2.14. The normalized spacial score (nSPS) is 10.9. The number of nitrogens with zero attached hydrogens (tertiary/aromatic N) is 3. The standard InChI is InChI=1S/C20H18N4O2S2/c1-2-26-16-10-8-15(9-11-16)21-18(25)13-28-20-23-22-19-24(20)17(12-27-19)14-6-4-3-5-7-14/h3-12H,2,13H2,1H3,(H,21,25). The molecule has 0 fully saturated rings. The van der Waals surface area contributed by atoms with Gasteiger partial charge in [-0.1, -0.05) is 42.1 Å². The molecule has 2 aromatic heterocycles. The van der Waals surface area contributed by atoms with Crippen molar-refractivity contribution in [2.45, 2.75) is 12.1 Å². The van der Waals surface area contributed by atoms with Gasteiger partial charge in [0.25, 0.3) is 0 Å². The van der Waals surface area contributed by atoms with Gasteiger partial charge in [-0.3, -0.25) is 9.20 Å². The van der Waals surface area contributed by atoms with Gasteiger partial charge < -0.3 is 10.1 Å². The Labute approximate surface area is 170 Å². The number of hydrogen-bond donors (Lipinski definition) is 1. The van der Waals surface area contributed by atoms with Crippen LogP contribution >= 0.6 is 23.1 Å². The molecule has 0 saturated carbocycles. The molecular formula is C20H18N4O2S2. The summed E-state index contributed by atoms with van der Waals surface area (Å²) in [6, 6.07) is 17.4. The Kier molecular flexibility index (Phi) is 5.59. The van der Waals surface area contributed by atoms with Crippen molar-refractivity contribution in [2.24, 2.45) is 0 Å². The molecule has 0 atom stereocenters. The molecule has 2 heterocycles. The molecule has 0 aliphatic rings. The van der Waals surface area contributed by atoms with Gasteiger partial charge in [0.1, 0.15) is 5.75 Å². The summed E-state index contributed by atoms with van der Waals surface area (Å²) in [5, 5.41) is 14.1. The summed E-state index contributed by atoms with van der Waals surface area (Å²) in [6.45, 7) is 2.55. The summed E-state index contributed by atoms with van der Waals surface area (Å²) in [7, 11) is 0. The number of rotatable bonds is 7. The minimum atomic E-state index is -0.0950. The van der Waals surface area contributed by atoms with E-state index in [1.165, 1.54) is 23.1 Å². The smallest absolute Gasteiger partial charge is 0.234 e. The van der Waals surface area contributed by atoms with Crippen molar-refractivity contribution in [3.05, 3.63) is 60.0 Å². The molecule has 0 aliphatic heterocycles. The van der Waals surface area contributed by atoms with Gasteiger partial charge >= 0.3 is 0 Å². The second-order valence-corrected chi connectivity index (χ2v) is 7.66. The molecule has 0 radical (unpaired) electrons. The first-order valence-electron chi connectivity index (χ1n) is 8.78. The number of nitrogens with one attached hydrogen (secondary N) is 1. The van der Waals surface area contributed by atoms with Crippen LogP contribution in [0, 0.1) is 0 Å². The fraction of sp³-hybridized carbons (Fsp3) is 0.150. The predicted molar refractivity (Wildman–Crippen MR) is 113 cm³/mol. The number of benzene rings is 2. The van der Waals surface area contributed by atoms with E-state index in [4.69, 9.17) is 4.74 Å². The highest BCUT2D eigenvalue weighted by Crippen LogP contribution is 2.29. The highest BCUT2D eigenvalue weighted by atomic mass is 32.2. The molecule has 0 bridgehead atoms. The number of amides is 1.